The second-order valence-electron chi connectivity index (χ2n) is 2.94. The molecule has 0 aliphatic heterocycles. The van der Waals surface area contributed by atoms with Crippen molar-refractivity contribution in [3.05, 3.63) is 17.5 Å². The molecule has 0 bridgehead atoms. The lowest BCUT2D eigenvalue weighted by Gasteiger charge is -2.04. The molecule has 1 atom stereocenters. The van der Waals surface area contributed by atoms with Crippen LogP contribution in [0.1, 0.15) is 11.4 Å². The van der Waals surface area contributed by atoms with E-state index in [-0.39, 0.29) is 6.54 Å². The van der Waals surface area contributed by atoms with Crippen molar-refractivity contribution < 1.29 is 4.39 Å². The predicted octanol–water partition coefficient (Wildman–Crippen LogP) is 0.568. The third kappa shape index (κ3) is 2.04. The van der Waals surface area contributed by atoms with Gasteiger partial charge in [-0.25, -0.2) is 4.39 Å². The predicted molar refractivity (Wildman–Crippen MR) is 45.6 cm³/mol. The monoisotopic (exact) mass is 171 g/mol. The van der Waals surface area contributed by atoms with Crippen LogP contribution in [-0.2, 0) is 13.5 Å². The molecule has 68 valence electrons. The first-order chi connectivity index (χ1) is 5.63. The van der Waals surface area contributed by atoms with Crippen molar-refractivity contribution in [3.8, 4) is 0 Å². The summed E-state index contributed by atoms with van der Waals surface area (Å²) in [4.78, 5) is 0. The van der Waals surface area contributed by atoms with E-state index in [1.165, 1.54) is 0 Å². The zero-order valence-corrected chi connectivity index (χ0v) is 7.42. The molecule has 0 saturated carbocycles. The highest BCUT2D eigenvalue weighted by Gasteiger charge is 2.08. The number of alkyl halides is 1. The van der Waals surface area contributed by atoms with Gasteiger partial charge >= 0.3 is 0 Å². The fraction of sp³-hybridized carbons (Fsp3) is 0.625. The van der Waals surface area contributed by atoms with E-state index in [2.05, 4.69) is 5.10 Å². The molecular formula is C8H14FN3. The molecule has 0 amide bonds. The molecule has 0 aromatic carbocycles. The standard InChI is InChI=1S/C8H14FN3/c1-6-3-8(12(2)11-6)4-7(9)5-10/h3,7H,4-5,10H2,1-2H3. The normalized spacial score (nSPS) is 13.3. The van der Waals surface area contributed by atoms with Gasteiger partial charge in [0.15, 0.2) is 0 Å². The van der Waals surface area contributed by atoms with E-state index in [0.29, 0.717) is 6.42 Å². The molecule has 0 saturated heterocycles. The summed E-state index contributed by atoms with van der Waals surface area (Å²) in [6.07, 6.45) is -0.604. The Hall–Kier alpha value is -0.900. The van der Waals surface area contributed by atoms with Crippen LogP contribution in [0.3, 0.4) is 0 Å². The van der Waals surface area contributed by atoms with Crippen LogP contribution in [0.2, 0.25) is 0 Å². The van der Waals surface area contributed by atoms with Crippen LogP contribution < -0.4 is 5.73 Å². The number of nitrogens with two attached hydrogens (primary N) is 1. The van der Waals surface area contributed by atoms with Crippen molar-refractivity contribution in [3.63, 3.8) is 0 Å². The van der Waals surface area contributed by atoms with Crippen LogP contribution >= 0.6 is 0 Å². The smallest absolute Gasteiger partial charge is 0.118 e. The molecule has 0 aliphatic carbocycles. The van der Waals surface area contributed by atoms with Crippen molar-refractivity contribution in [2.24, 2.45) is 12.8 Å². The van der Waals surface area contributed by atoms with Gasteiger partial charge in [-0.3, -0.25) is 4.68 Å². The second kappa shape index (κ2) is 3.67. The minimum absolute atomic E-state index is 0.0736. The minimum atomic E-state index is -0.959. The zero-order valence-electron chi connectivity index (χ0n) is 7.42. The molecule has 1 aromatic heterocycles. The summed E-state index contributed by atoms with van der Waals surface area (Å²) in [7, 11) is 1.81. The average molecular weight is 171 g/mol. The van der Waals surface area contributed by atoms with Crippen LogP contribution in [0.4, 0.5) is 4.39 Å². The summed E-state index contributed by atoms with van der Waals surface area (Å²) in [5, 5.41) is 4.11. The molecule has 0 spiro atoms. The van der Waals surface area contributed by atoms with Crippen LogP contribution in [-0.4, -0.2) is 22.5 Å². The Labute approximate surface area is 71.4 Å². The lowest BCUT2D eigenvalue weighted by atomic mass is 10.2. The Bertz CT molecular complexity index is 257. The van der Waals surface area contributed by atoms with Crippen LogP contribution in [0, 0.1) is 6.92 Å². The van der Waals surface area contributed by atoms with Gasteiger partial charge in [0.2, 0.25) is 0 Å². The molecule has 1 unspecified atom stereocenters. The summed E-state index contributed by atoms with van der Waals surface area (Å²) in [6.45, 7) is 1.96. The van der Waals surface area contributed by atoms with Gasteiger partial charge in [0.25, 0.3) is 0 Å². The third-order valence-corrected chi connectivity index (χ3v) is 1.79. The SMILES string of the molecule is Cc1cc(CC(F)CN)n(C)n1. The van der Waals surface area contributed by atoms with Crippen molar-refractivity contribution >= 4 is 0 Å². The second-order valence-corrected chi connectivity index (χ2v) is 2.94. The fourth-order valence-electron chi connectivity index (χ4n) is 1.17. The van der Waals surface area contributed by atoms with E-state index in [1.807, 2.05) is 20.0 Å². The minimum Gasteiger partial charge on any atom is -0.328 e. The van der Waals surface area contributed by atoms with Crippen molar-refractivity contribution in [1.29, 1.82) is 0 Å². The van der Waals surface area contributed by atoms with Crippen molar-refractivity contribution in [1.82, 2.24) is 9.78 Å². The number of hydrogen-bond donors (Lipinski definition) is 1. The van der Waals surface area contributed by atoms with Crippen LogP contribution in [0.15, 0.2) is 6.07 Å². The highest BCUT2D eigenvalue weighted by molar-refractivity contribution is 5.09. The molecule has 4 heteroatoms. The third-order valence-electron chi connectivity index (χ3n) is 1.79. The van der Waals surface area contributed by atoms with Gasteiger partial charge in [-0.15, -0.1) is 0 Å². The number of aromatic nitrogens is 2. The lowest BCUT2D eigenvalue weighted by Crippen LogP contribution is -2.19. The number of nitrogens with zero attached hydrogens (tertiary/aromatic N) is 2. The van der Waals surface area contributed by atoms with Crippen LogP contribution in [0.25, 0.3) is 0 Å². The van der Waals surface area contributed by atoms with E-state index >= 15 is 0 Å². The topological polar surface area (TPSA) is 43.8 Å². The fourth-order valence-corrected chi connectivity index (χ4v) is 1.17. The van der Waals surface area contributed by atoms with Crippen molar-refractivity contribution in [2.45, 2.75) is 19.5 Å². The summed E-state index contributed by atoms with van der Waals surface area (Å²) in [5.74, 6) is 0. The molecule has 2 N–H and O–H groups in total. The molecule has 12 heavy (non-hydrogen) atoms. The Kier molecular flexibility index (Phi) is 2.81. The van der Waals surface area contributed by atoms with E-state index < -0.39 is 6.17 Å². The van der Waals surface area contributed by atoms with E-state index in [1.54, 1.807) is 4.68 Å². The van der Waals surface area contributed by atoms with Crippen LogP contribution in [0.5, 0.6) is 0 Å². The van der Waals surface area contributed by atoms with E-state index in [4.69, 9.17) is 5.73 Å². The van der Waals surface area contributed by atoms with Gasteiger partial charge in [-0.1, -0.05) is 0 Å². The van der Waals surface area contributed by atoms with E-state index in [9.17, 15) is 4.39 Å². The highest BCUT2D eigenvalue weighted by Crippen LogP contribution is 2.06. The Morgan fingerprint density at radius 2 is 2.42 bits per heavy atom. The molecular weight excluding hydrogens is 157 g/mol. The first kappa shape index (κ1) is 9.19. The Morgan fingerprint density at radius 3 is 2.83 bits per heavy atom. The summed E-state index contributed by atoms with van der Waals surface area (Å²) in [5.41, 5.74) is 6.98. The van der Waals surface area contributed by atoms with Gasteiger partial charge in [0.1, 0.15) is 6.17 Å². The zero-order chi connectivity index (χ0) is 9.14. The maximum absolute atomic E-state index is 12.8. The first-order valence-electron chi connectivity index (χ1n) is 3.97. The maximum atomic E-state index is 12.8. The maximum Gasteiger partial charge on any atom is 0.118 e. The lowest BCUT2D eigenvalue weighted by molar-refractivity contribution is 0.334. The Balaban J connectivity index is 2.68. The number of aryl methyl sites for hydroxylation is 2. The van der Waals surface area contributed by atoms with Gasteiger partial charge in [-0.05, 0) is 13.0 Å². The molecule has 3 nitrogen and oxygen atoms in total. The summed E-state index contributed by atoms with van der Waals surface area (Å²) in [6, 6.07) is 1.88. The highest BCUT2D eigenvalue weighted by atomic mass is 19.1. The summed E-state index contributed by atoms with van der Waals surface area (Å²) >= 11 is 0. The molecule has 1 aromatic rings. The van der Waals surface area contributed by atoms with Gasteiger partial charge < -0.3 is 5.73 Å². The first-order valence-corrected chi connectivity index (χ1v) is 3.97. The summed E-state index contributed by atoms with van der Waals surface area (Å²) < 4.78 is 14.5. The number of hydrogen-bond acceptors (Lipinski definition) is 2. The molecule has 0 fully saturated rings. The molecule has 1 rings (SSSR count). The van der Waals surface area contributed by atoms with Crippen molar-refractivity contribution in [2.75, 3.05) is 6.54 Å². The molecule has 1 heterocycles. The van der Waals surface area contributed by atoms with Gasteiger partial charge in [0, 0.05) is 25.7 Å². The van der Waals surface area contributed by atoms with E-state index in [0.717, 1.165) is 11.4 Å². The Morgan fingerprint density at radius 1 is 1.75 bits per heavy atom. The molecule has 0 radical (unpaired) electrons. The molecule has 0 aliphatic rings. The number of rotatable bonds is 3. The largest absolute Gasteiger partial charge is 0.328 e. The quantitative estimate of drug-likeness (QED) is 0.722. The van der Waals surface area contributed by atoms with Gasteiger partial charge in [-0.2, -0.15) is 5.10 Å². The number of halogens is 1. The van der Waals surface area contributed by atoms with Gasteiger partial charge in [0.05, 0.1) is 5.69 Å². The average Bonchev–Trinajstić information content (AvgIpc) is 2.30.